The molecule has 2 nitrogen and oxygen atoms in total. The van der Waals surface area contributed by atoms with Crippen molar-refractivity contribution in [3.63, 3.8) is 0 Å². The van der Waals surface area contributed by atoms with Crippen molar-refractivity contribution in [1.29, 1.82) is 0 Å². The Morgan fingerprint density at radius 1 is 1.00 bits per heavy atom. The minimum atomic E-state index is -4.99. The van der Waals surface area contributed by atoms with Gasteiger partial charge in [-0.3, -0.25) is 4.79 Å². The highest BCUT2D eigenvalue weighted by molar-refractivity contribution is 9.10. The summed E-state index contributed by atoms with van der Waals surface area (Å²) in [6, 6.07) is 2.79. The molecule has 22 heavy (non-hydrogen) atoms. The average Bonchev–Trinajstić information content (AvgIpc) is 2.84. The van der Waals surface area contributed by atoms with Crippen LogP contribution in [0, 0.1) is 0 Å². The number of hydrogen-bond acceptors (Lipinski definition) is 2. The Kier molecular flexibility index (Phi) is 4.12. The van der Waals surface area contributed by atoms with E-state index in [1.165, 1.54) is 0 Å². The van der Waals surface area contributed by atoms with Gasteiger partial charge in [-0.1, -0.05) is 0 Å². The van der Waals surface area contributed by atoms with E-state index in [0.717, 1.165) is 12.1 Å². The summed E-state index contributed by atoms with van der Waals surface area (Å²) in [5.74, 6) is -0.501. The van der Waals surface area contributed by atoms with Crippen LogP contribution >= 0.6 is 15.9 Å². The molecule has 0 N–H and O–H groups in total. The van der Waals surface area contributed by atoms with Crippen LogP contribution in [0.2, 0.25) is 0 Å². The largest absolute Gasteiger partial charge is 0.453 e. The van der Waals surface area contributed by atoms with Gasteiger partial charge in [-0.05, 0) is 40.2 Å². The van der Waals surface area contributed by atoms with Crippen molar-refractivity contribution in [3.05, 3.63) is 45.6 Å². The number of alkyl halides is 6. The van der Waals surface area contributed by atoms with E-state index in [1.54, 1.807) is 0 Å². The van der Waals surface area contributed by atoms with E-state index in [2.05, 4.69) is 15.9 Å². The maximum atomic E-state index is 12.9. The van der Waals surface area contributed by atoms with Crippen LogP contribution in [0.5, 0.6) is 0 Å². The Hall–Kier alpha value is -1.77. The van der Waals surface area contributed by atoms with Gasteiger partial charge in [0.1, 0.15) is 5.76 Å². The fraction of sp³-hybridized carbons (Fsp3) is 0.154. The SMILES string of the molecule is O=Cc1ccc(-c2cc(C(F)(F)F)cc(C(F)(F)F)c2Br)o1. The van der Waals surface area contributed by atoms with Crippen molar-refractivity contribution in [1.82, 2.24) is 0 Å². The van der Waals surface area contributed by atoms with E-state index in [1.807, 2.05) is 0 Å². The fourth-order valence-electron chi connectivity index (χ4n) is 1.73. The number of halogens is 7. The van der Waals surface area contributed by atoms with Crippen molar-refractivity contribution >= 4 is 22.2 Å². The van der Waals surface area contributed by atoms with Crippen LogP contribution in [-0.4, -0.2) is 6.29 Å². The highest BCUT2D eigenvalue weighted by Crippen LogP contribution is 2.44. The number of rotatable bonds is 2. The first-order valence-electron chi connectivity index (χ1n) is 5.57. The van der Waals surface area contributed by atoms with Crippen molar-refractivity contribution in [2.24, 2.45) is 0 Å². The van der Waals surface area contributed by atoms with Gasteiger partial charge >= 0.3 is 12.4 Å². The molecule has 0 atom stereocenters. The molecule has 0 aliphatic carbocycles. The number of carbonyl (C=O) groups excluding carboxylic acids is 1. The molecule has 2 aromatic rings. The van der Waals surface area contributed by atoms with E-state index < -0.39 is 33.5 Å². The third-order valence-electron chi connectivity index (χ3n) is 2.71. The van der Waals surface area contributed by atoms with Crippen molar-refractivity contribution < 1.29 is 35.6 Å². The molecule has 0 aliphatic rings. The monoisotopic (exact) mass is 386 g/mol. The maximum Gasteiger partial charge on any atom is 0.417 e. The number of benzene rings is 1. The number of furan rings is 1. The second kappa shape index (κ2) is 5.45. The first-order valence-corrected chi connectivity index (χ1v) is 6.36. The molecule has 0 aliphatic heterocycles. The second-order valence-electron chi connectivity index (χ2n) is 4.20. The molecule has 0 saturated heterocycles. The van der Waals surface area contributed by atoms with Crippen LogP contribution in [0.25, 0.3) is 11.3 Å². The zero-order valence-corrected chi connectivity index (χ0v) is 11.9. The molecule has 0 unspecified atom stereocenters. The molecule has 0 bridgehead atoms. The van der Waals surface area contributed by atoms with Gasteiger partial charge in [0.15, 0.2) is 12.0 Å². The van der Waals surface area contributed by atoms with Gasteiger partial charge in [-0.25, -0.2) is 0 Å². The third-order valence-corrected chi connectivity index (χ3v) is 3.57. The molecule has 118 valence electrons. The van der Waals surface area contributed by atoms with E-state index in [-0.39, 0.29) is 23.9 Å². The second-order valence-corrected chi connectivity index (χ2v) is 4.99. The first kappa shape index (κ1) is 16.6. The summed E-state index contributed by atoms with van der Waals surface area (Å²) in [6.45, 7) is 0. The lowest BCUT2D eigenvalue weighted by Crippen LogP contribution is -2.12. The Labute approximate surface area is 127 Å². The van der Waals surface area contributed by atoms with Crippen molar-refractivity contribution in [3.8, 4) is 11.3 Å². The molecule has 1 aromatic carbocycles. The lowest BCUT2D eigenvalue weighted by Gasteiger charge is -2.16. The van der Waals surface area contributed by atoms with Crippen LogP contribution < -0.4 is 0 Å². The Morgan fingerprint density at radius 3 is 2.09 bits per heavy atom. The average molecular weight is 387 g/mol. The minimum absolute atomic E-state index is 0.0111. The van der Waals surface area contributed by atoms with Gasteiger partial charge in [-0.15, -0.1) is 0 Å². The summed E-state index contributed by atoms with van der Waals surface area (Å²) in [5.41, 5.74) is -3.40. The van der Waals surface area contributed by atoms with E-state index in [4.69, 9.17) is 4.42 Å². The summed E-state index contributed by atoms with van der Waals surface area (Å²) >= 11 is 2.65. The summed E-state index contributed by atoms with van der Waals surface area (Å²) in [6.07, 6.45) is -9.67. The highest BCUT2D eigenvalue weighted by Gasteiger charge is 2.39. The zero-order valence-electron chi connectivity index (χ0n) is 10.3. The van der Waals surface area contributed by atoms with Gasteiger partial charge < -0.3 is 4.42 Å². The molecule has 0 amide bonds. The summed E-state index contributed by atoms with van der Waals surface area (Å²) in [7, 11) is 0. The van der Waals surface area contributed by atoms with E-state index in [9.17, 15) is 31.1 Å². The number of hydrogen-bond donors (Lipinski definition) is 0. The van der Waals surface area contributed by atoms with Gasteiger partial charge in [0.05, 0.1) is 11.1 Å². The molecule has 0 saturated carbocycles. The summed E-state index contributed by atoms with van der Waals surface area (Å²) in [5, 5.41) is 0. The zero-order chi connectivity index (χ0) is 16.7. The number of aldehydes is 1. The predicted octanol–water partition coefficient (Wildman–Crippen LogP) is 5.56. The van der Waals surface area contributed by atoms with Gasteiger partial charge in [-0.2, -0.15) is 26.3 Å². The first-order chi connectivity index (χ1) is 10.0. The van der Waals surface area contributed by atoms with Crippen LogP contribution in [0.3, 0.4) is 0 Å². The van der Waals surface area contributed by atoms with Crippen molar-refractivity contribution in [2.75, 3.05) is 0 Å². The standard InChI is InChI=1S/C13H5BrF6O2/c14-11-8(10-2-1-7(5-21)22-10)3-6(12(15,16)17)4-9(11)13(18,19)20/h1-5H. The normalized spacial score (nSPS) is 12.5. The molecule has 2 rings (SSSR count). The van der Waals surface area contributed by atoms with Crippen molar-refractivity contribution in [2.45, 2.75) is 12.4 Å². The minimum Gasteiger partial charge on any atom is -0.453 e. The van der Waals surface area contributed by atoms with Gasteiger partial charge in [0.2, 0.25) is 0 Å². The predicted molar refractivity (Wildman–Crippen MR) is 67.2 cm³/mol. The molecular weight excluding hydrogens is 382 g/mol. The third kappa shape index (κ3) is 3.18. The smallest absolute Gasteiger partial charge is 0.417 e. The quantitative estimate of drug-likeness (QED) is 0.499. The molecular formula is C13H5BrF6O2. The lowest BCUT2D eigenvalue weighted by molar-refractivity contribution is -0.143. The van der Waals surface area contributed by atoms with Crippen LogP contribution in [0.4, 0.5) is 26.3 Å². The molecule has 1 heterocycles. The molecule has 9 heteroatoms. The summed E-state index contributed by atoms with van der Waals surface area (Å²) < 4.78 is 81.4. The molecule has 0 fully saturated rings. The molecule has 1 aromatic heterocycles. The Morgan fingerprint density at radius 2 is 1.64 bits per heavy atom. The van der Waals surface area contributed by atoms with E-state index >= 15 is 0 Å². The van der Waals surface area contributed by atoms with Gasteiger partial charge in [0, 0.05) is 10.0 Å². The maximum absolute atomic E-state index is 12.9. The lowest BCUT2D eigenvalue weighted by atomic mass is 10.0. The Bertz CT molecular complexity index is 714. The van der Waals surface area contributed by atoms with Crippen LogP contribution in [0.1, 0.15) is 21.7 Å². The fourth-order valence-corrected chi connectivity index (χ4v) is 2.38. The number of carbonyl (C=O) groups is 1. The summed E-state index contributed by atoms with van der Waals surface area (Å²) in [4.78, 5) is 10.5. The van der Waals surface area contributed by atoms with Crippen LogP contribution in [0.15, 0.2) is 33.2 Å². The van der Waals surface area contributed by atoms with Crippen LogP contribution in [-0.2, 0) is 12.4 Å². The highest BCUT2D eigenvalue weighted by atomic mass is 79.9. The molecule has 0 radical (unpaired) electrons. The topological polar surface area (TPSA) is 30.2 Å². The van der Waals surface area contributed by atoms with E-state index in [0.29, 0.717) is 6.07 Å². The van der Waals surface area contributed by atoms with Gasteiger partial charge in [0.25, 0.3) is 0 Å². The molecule has 0 spiro atoms. The Balaban J connectivity index is 2.74.